The number of hydrogen-bond donors (Lipinski definition) is 4. The highest BCUT2D eigenvalue weighted by atomic mass is 16.3. The molecule has 0 aliphatic heterocycles. The second-order valence-electron chi connectivity index (χ2n) is 6.99. The number of nitrogens with zero attached hydrogens (tertiary/aromatic N) is 1. The summed E-state index contributed by atoms with van der Waals surface area (Å²) in [5.74, 6) is 1.24. The molecule has 2 rings (SSSR count). The highest BCUT2D eigenvalue weighted by Gasteiger charge is 2.15. The first-order valence-corrected chi connectivity index (χ1v) is 9.56. The summed E-state index contributed by atoms with van der Waals surface area (Å²) in [5, 5.41) is 20.0. The maximum absolute atomic E-state index is 9.71. The Kier molecular flexibility index (Phi) is 8.65. The summed E-state index contributed by atoms with van der Waals surface area (Å²) in [6, 6.07) is 20.6. The minimum Gasteiger partial charge on any atom is -0.396 e. The van der Waals surface area contributed by atoms with E-state index in [-0.39, 0.29) is 18.6 Å². The molecule has 5 heteroatoms. The number of aliphatic hydroxyl groups is 1. The van der Waals surface area contributed by atoms with Gasteiger partial charge in [-0.1, -0.05) is 62.4 Å². The largest absolute Gasteiger partial charge is 0.396 e. The molecule has 27 heavy (non-hydrogen) atoms. The molecule has 0 saturated heterocycles. The first-order chi connectivity index (χ1) is 13.1. The highest BCUT2D eigenvalue weighted by Crippen LogP contribution is 2.14. The van der Waals surface area contributed by atoms with Crippen molar-refractivity contribution < 1.29 is 5.11 Å². The van der Waals surface area contributed by atoms with Gasteiger partial charge in [0, 0.05) is 37.8 Å². The van der Waals surface area contributed by atoms with Crippen molar-refractivity contribution in [3.05, 3.63) is 66.2 Å². The molecule has 0 aliphatic carbocycles. The van der Waals surface area contributed by atoms with Gasteiger partial charge in [-0.2, -0.15) is 0 Å². The molecule has 2 aromatic carbocycles. The number of benzene rings is 2. The van der Waals surface area contributed by atoms with Crippen LogP contribution in [0.2, 0.25) is 0 Å². The number of nitrogens with one attached hydrogen (secondary N) is 3. The summed E-state index contributed by atoms with van der Waals surface area (Å²) in [5.41, 5.74) is 2.24. The number of para-hydroxylation sites is 1. The lowest BCUT2D eigenvalue weighted by atomic mass is 10.0. The lowest BCUT2D eigenvalue weighted by molar-refractivity contribution is 0.265. The SMILES string of the molecule is CN=C(NCC(CO)c1ccccc1)NCC(Nc1ccccc1)C(C)C. The Hall–Kier alpha value is -2.53. The standard InChI is InChI=1S/C22H32N4O/c1-17(2)21(26-20-12-8-5-9-13-20)15-25-22(23-3)24-14-19(16-27)18-10-6-4-7-11-18/h4-13,17,19,21,26-27H,14-16H2,1-3H3,(H2,23,24,25). The topological polar surface area (TPSA) is 68.7 Å². The molecule has 0 radical (unpaired) electrons. The maximum Gasteiger partial charge on any atom is 0.191 e. The summed E-state index contributed by atoms with van der Waals surface area (Å²) in [6.45, 7) is 5.88. The Morgan fingerprint density at radius 2 is 1.52 bits per heavy atom. The summed E-state index contributed by atoms with van der Waals surface area (Å²) in [6.07, 6.45) is 0. The number of rotatable bonds is 9. The number of aliphatic imine (C=N–C) groups is 1. The molecule has 0 amide bonds. The Bertz CT molecular complexity index is 673. The highest BCUT2D eigenvalue weighted by molar-refractivity contribution is 5.79. The van der Waals surface area contributed by atoms with Gasteiger partial charge in [-0.15, -0.1) is 0 Å². The third-order valence-electron chi connectivity index (χ3n) is 4.65. The van der Waals surface area contributed by atoms with Crippen molar-refractivity contribution in [2.75, 3.05) is 32.1 Å². The van der Waals surface area contributed by atoms with Crippen LogP contribution in [0, 0.1) is 5.92 Å². The minimum absolute atomic E-state index is 0.0353. The Balaban J connectivity index is 1.87. The van der Waals surface area contributed by atoms with E-state index in [4.69, 9.17) is 0 Å². The van der Waals surface area contributed by atoms with E-state index in [0.717, 1.165) is 23.8 Å². The van der Waals surface area contributed by atoms with Crippen molar-refractivity contribution in [3.63, 3.8) is 0 Å². The van der Waals surface area contributed by atoms with E-state index in [1.807, 2.05) is 48.5 Å². The molecule has 2 atom stereocenters. The van der Waals surface area contributed by atoms with E-state index in [0.29, 0.717) is 12.5 Å². The van der Waals surface area contributed by atoms with Gasteiger partial charge in [0.1, 0.15) is 0 Å². The number of anilines is 1. The van der Waals surface area contributed by atoms with Crippen molar-refractivity contribution in [1.29, 1.82) is 0 Å². The van der Waals surface area contributed by atoms with Gasteiger partial charge in [0.25, 0.3) is 0 Å². The lowest BCUT2D eigenvalue weighted by Gasteiger charge is -2.25. The maximum atomic E-state index is 9.71. The number of hydrogen-bond acceptors (Lipinski definition) is 3. The molecular formula is C22H32N4O. The van der Waals surface area contributed by atoms with E-state index < -0.39 is 0 Å². The summed E-state index contributed by atoms with van der Waals surface area (Å²) in [4.78, 5) is 4.31. The second-order valence-corrected chi connectivity index (χ2v) is 6.99. The average Bonchev–Trinajstić information content (AvgIpc) is 2.71. The number of guanidine groups is 1. The van der Waals surface area contributed by atoms with E-state index in [2.05, 4.69) is 46.9 Å². The van der Waals surface area contributed by atoms with E-state index in [1.165, 1.54) is 0 Å². The smallest absolute Gasteiger partial charge is 0.191 e. The molecule has 0 spiro atoms. The van der Waals surface area contributed by atoms with Crippen molar-refractivity contribution in [3.8, 4) is 0 Å². The molecule has 0 bridgehead atoms. The summed E-state index contributed by atoms with van der Waals surface area (Å²) < 4.78 is 0. The zero-order chi connectivity index (χ0) is 19.5. The van der Waals surface area contributed by atoms with Crippen LogP contribution in [-0.2, 0) is 0 Å². The monoisotopic (exact) mass is 368 g/mol. The first kappa shape index (κ1) is 20.8. The van der Waals surface area contributed by atoms with Crippen LogP contribution in [0.4, 0.5) is 5.69 Å². The normalized spacial score (nSPS) is 13.9. The van der Waals surface area contributed by atoms with Crippen molar-refractivity contribution >= 4 is 11.6 Å². The summed E-state index contributed by atoms with van der Waals surface area (Å²) in [7, 11) is 1.76. The minimum atomic E-state index is 0.0353. The van der Waals surface area contributed by atoms with Crippen LogP contribution in [-0.4, -0.2) is 43.9 Å². The van der Waals surface area contributed by atoms with Crippen molar-refractivity contribution in [2.45, 2.75) is 25.8 Å². The quantitative estimate of drug-likeness (QED) is 0.406. The molecule has 0 aliphatic rings. The van der Waals surface area contributed by atoms with Gasteiger partial charge < -0.3 is 21.1 Å². The zero-order valence-electron chi connectivity index (χ0n) is 16.5. The molecule has 0 aromatic heterocycles. The molecule has 0 fully saturated rings. The van der Waals surface area contributed by atoms with Crippen LogP contribution in [0.15, 0.2) is 65.7 Å². The van der Waals surface area contributed by atoms with Gasteiger partial charge in [-0.3, -0.25) is 4.99 Å². The fraction of sp³-hybridized carbons (Fsp3) is 0.409. The third kappa shape index (κ3) is 6.94. The van der Waals surface area contributed by atoms with Crippen LogP contribution in [0.3, 0.4) is 0 Å². The molecule has 0 saturated carbocycles. The summed E-state index contributed by atoms with van der Waals surface area (Å²) >= 11 is 0. The lowest BCUT2D eigenvalue weighted by Crippen LogP contribution is -2.46. The molecule has 0 heterocycles. The first-order valence-electron chi connectivity index (χ1n) is 9.56. The van der Waals surface area contributed by atoms with Crippen LogP contribution in [0.25, 0.3) is 0 Å². The van der Waals surface area contributed by atoms with Crippen LogP contribution in [0.5, 0.6) is 0 Å². The van der Waals surface area contributed by atoms with Gasteiger partial charge >= 0.3 is 0 Å². The van der Waals surface area contributed by atoms with Gasteiger partial charge in [-0.25, -0.2) is 0 Å². The van der Waals surface area contributed by atoms with E-state index >= 15 is 0 Å². The van der Waals surface area contributed by atoms with Crippen molar-refractivity contribution in [2.24, 2.45) is 10.9 Å². The van der Waals surface area contributed by atoms with E-state index in [1.54, 1.807) is 7.05 Å². The number of aliphatic hydroxyl groups excluding tert-OH is 1. The van der Waals surface area contributed by atoms with Gasteiger partial charge in [0.2, 0.25) is 0 Å². The zero-order valence-corrected chi connectivity index (χ0v) is 16.5. The van der Waals surface area contributed by atoms with Crippen molar-refractivity contribution in [1.82, 2.24) is 10.6 Å². The molecular weight excluding hydrogens is 336 g/mol. The molecule has 146 valence electrons. The Morgan fingerprint density at radius 1 is 0.926 bits per heavy atom. The van der Waals surface area contributed by atoms with Gasteiger partial charge in [-0.05, 0) is 23.6 Å². The predicted octanol–water partition coefficient (Wildman–Crippen LogP) is 3.06. The molecule has 5 nitrogen and oxygen atoms in total. The molecule has 4 N–H and O–H groups in total. The molecule has 2 aromatic rings. The van der Waals surface area contributed by atoms with Gasteiger partial charge in [0.15, 0.2) is 5.96 Å². The van der Waals surface area contributed by atoms with Crippen LogP contribution < -0.4 is 16.0 Å². The average molecular weight is 369 g/mol. The van der Waals surface area contributed by atoms with Gasteiger partial charge in [0.05, 0.1) is 6.61 Å². The van der Waals surface area contributed by atoms with Crippen LogP contribution >= 0.6 is 0 Å². The predicted molar refractivity (Wildman–Crippen MR) is 114 cm³/mol. The van der Waals surface area contributed by atoms with E-state index in [9.17, 15) is 5.11 Å². The second kappa shape index (κ2) is 11.2. The fourth-order valence-electron chi connectivity index (χ4n) is 2.86. The third-order valence-corrected chi connectivity index (χ3v) is 4.65. The fourth-order valence-corrected chi connectivity index (χ4v) is 2.86. The van der Waals surface area contributed by atoms with Crippen LogP contribution in [0.1, 0.15) is 25.3 Å². The Labute approximate surface area is 162 Å². The Morgan fingerprint density at radius 3 is 2.07 bits per heavy atom. The molecule has 2 unspecified atom stereocenters.